The molecule has 200 valence electrons. The molecule has 1 saturated heterocycles. The van der Waals surface area contributed by atoms with Gasteiger partial charge in [-0.2, -0.15) is 5.26 Å². The number of halogens is 2. The predicted molar refractivity (Wildman–Crippen MR) is 143 cm³/mol. The summed E-state index contributed by atoms with van der Waals surface area (Å²) >= 11 is 0. The molecule has 1 fully saturated rings. The van der Waals surface area contributed by atoms with Crippen molar-refractivity contribution in [2.75, 3.05) is 31.1 Å². The molecule has 0 amide bonds. The zero-order valence-electron chi connectivity index (χ0n) is 21.0. The lowest BCUT2D eigenvalue weighted by Crippen LogP contribution is -2.48. The Labute approximate surface area is 226 Å². The first kappa shape index (κ1) is 26.4. The van der Waals surface area contributed by atoms with Gasteiger partial charge in [-0.15, -0.1) is 4.98 Å². The van der Waals surface area contributed by atoms with Crippen LogP contribution in [-0.4, -0.2) is 45.6 Å². The molecule has 1 aliphatic heterocycles. The van der Waals surface area contributed by atoms with Crippen molar-refractivity contribution < 1.29 is 13.7 Å². The van der Waals surface area contributed by atoms with Gasteiger partial charge in [-0.1, -0.05) is 30.8 Å². The third kappa shape index (κ3) is 4.84. The van der Waals surface area contributed by atoms with Gasteiger partial charge in [0.2, 0.25) is 5.52 Å². The Bertz CT molecular complexity index is 1690. The lowest BCUT2D eigenvalue weighted by atomic mass is 9.96. The van der Waals surface area contributed by atoms with Crippen LogP contribution in [0.5, 0.6) is 0 Å². The summed E-state index contributed by atoms with van der Waals surface area (Å²) < 4.78 is 28.4. The van der Waals surface area contributed by atoms with Gasteiger partial charge in [0.1, 0.15) is 18.2 Å². The second-order valence-electron chi connectivity index (χ2n) is 9.18. The molecule has 10 nitrogen and oxygen atoms in total. The maximum atomic E-state index is 13.7. The molecule has 5 rings (SSSR count). The number of piperazine rings is 1. The van der Waals surface area contributed by atoms with E-state index < -0.39 is 22.7 Å². The molecule has 0 unspecified atom stereocenters. The van der Waals surface area contributed by atoms with E-state index >= 15 is 0 Å². The van der Waals surface area contributed by atoms with Crippen LogP contribution in [-0.2, 0) is 6.54 Å². The minimum Gasteiger partial charge on any atom is -0.361 e. The summed E-state index contributed by atoms with van der Waals surface area (Å²) in [5.74, 6) is -0.775. The zero-order chi connectivity index (χ0) is 28.4. The Morgan fingerprint density at radius 1 is 1.00 bits per heavy atom. The van der Waals surface area contributed by atoms with E-state index in [0.29, 0.717) is 13.1 Å². The van der Waals surface area contributed by atoms with Gasteiger partial charge in [0.25, 0.3) is 5.82 Å². The molecule has 3 heterocycles. The third-order valence-electron chi connectivity index (χ3n) is 6.94. The van der Waals surface area contributed by atoms with Crippen molar-refractivity contribution >= 4 is 28.2 Å². The number of benzene rings is 2. The summed E-state index contributed by atoms with van der Waals surface area (Å²) in [4.78, 5) is 36.0. The van der Waals surface area contributed by atoms with Crippen molar-refractivity contribution in [3.8, 4) is 6.07 Å². The highest BCUT2D eigenvalue weighted by molar-refractivity contribution is 5.94. The van der Waals surface area contributed by atoms with Crippen LogP contribution in [0, 0.1) is 39.7 Å². The van der Waals surface area contributed by atoms with E-state index in [0.717, 1.165) is 15.7 Å². The molecule has 2 aromatic carbocycles. The third-order valence-corrected chi connectivity index (χ3v) is 6.94. The van der Waals surface area contributed by atoms with Crippen LogP contribution >= 0.6 is 0 Å². The van der Waals surface area contributed by atoms with Crippen molar-refractivity contribution in [2.45, 2.75) is 12.6 Å². The summed E-state index contributed by atoms with van der Waals surface area (Å²) in [6.45, 7) is 8.25. The van der Waals surface area contributed by atoms with Crippen LogP contribution in [0.2, 0.25) is 0 Å². The first-order chi connectivity index (χ1) is 19.3. The number of fused-ring (bicyclic) bond motifs is 1. The molecule has 40 heavy (non-hydrogen) atoms. The van der Waals surface area contributed by atoms with Gasteiger partial charge >= 0.3 is 11.2 Å². The van der Waals surface area contributed by atoms with E-state index in [9.17, 15) is 29.0 Å². The van der Waals surface area contributed by atoms with E-state index in [4.69, 9.17) is 6.57 Å². The monoisotopic (exact) mass is 541 g/mol. The summed E-state index contributed by atoms with van der Waals surface area (Å²) in [7, 11) is 0. The molecule has 12 heteroatoms. The lowest BCUT2D eigenvalue weighted by Gasteiger charge is -2.40. The molecule has 0 saturated carbocycles. The summed E-state index contributed by atoms with van der Waals surface area (Å²) in [5.41, 5.74) is 0.267. The van der Waals surface area contributed by atoms with Gasteiger partial charge in [-0.3, -0.25) is 24.4 Å². The van der Waals surface area contributed by atoms with E-state index in [-0.39, 0.29) is 53.3 Å². The standard InChI is InChI=1S/C28H21F2N7O3/c1-32-23-11-10-22-24(33-23)26(27(37(39)40)28(38)36(22)13-12-31)35-16-14-34(15-17-35)25(18-2-6-20(29)7-3-18)19-4-8-21(30)9-5-19/h2-11,25H,13-17H2. The minimum atomic E-state index is -0.927. The number of aromatic nitrogens is 2. The normalized spacial score (nSPS) is 13.8. The van der Waals surface area contributed by atoms with Crippen molar-refractivity contribution in [2.24, 2.45) is 0 Å². The van der Waals surface area contributed by atoms with Crippen LogP contribution in [0.25, 0.3) is 15.9 Å². The second kappa shape index (κ2) is 10.9. The van der Waals surface area contributed by atoms with Gasteiger partial charge in [0.15, 0.2) is 5.69 Å². The molecule has 1 aliphatic rings. The van der Waals surface area contributed by atoms with Crippen molar-refractivity contribution in [3.05, 3.63) is 115 Å². The number of pyridine rings is 2. The summed E-state index contributed by atoms with van der Waals surface area (Å²) in [5, 5.41) is 21.4. The van der Waals surface area contributed by atoms with Gasteiger partial charge in [0.05, 0.1) is 22.6 Å². The second-order valence-corrected chi connectivity index (χ2v) is 9.18. The number of nitriles is 1. The molecule has 0 bridgehead atoms. The van der Waals surface area contributed by atoms with E-state index in [1.54, 1.807) is 29.2 Å². The van der Waals surface area contributed by atoms with E-state index in [1.165, 1.54) is 36.4 Å². The Morgan fingerprint density at radius 2 is 1.57 bits per heavy atom. The van der Waals surface area contributed by atoms with Crippen molar-refractivity contribution in [1.82, 2.24) is 14.5 Å². The maximum Gasteiger partial charge on any atom is 0.361 e. The van der Waals surface area contributed by atoms with E-state index in [2.05, 4.69) is 14.7 Å². The van der Waals surface area contributed by atoms with Crippen LogP contribution in [0.4, 0.5) is 26.0 Å². The highest BCUT2D eigenvalue weighted by Crippen LogP contribution is 2.36. The van der Waals surface area contributed by atoms with Crippen LogP contribution in [0.3, 0.4) is 0 Å². The molecule has 2 aromatic heterocycles. The highest BCUT2D eigenvalue weighted by Gasteiger charge is 2.35. The molecule has 0 spiro atoms. The molecule has 0 aliphatic carbocycles. The fourth-order valence-electron chi connectivity index (χ4n) is 5.15. The highest BCUT2D eigenvalue weighted by atomic mass is 19.1. The van der Waals surface area contributed by atoms with Crippen LogP contribution in [0.1, 0.15) is 17.2 Å². The predicted octanol–water partition coefficient (Wildman–Crippen LogP) is 4.57. The zero-order valence-corrected chi connectivity index (χ0v) is 21.0. The van der Waals surface area contributed by atoms with Gasteiger partial charge < -0.3 is 9.74 Å². The topological polar surface area (TPSA) is 113 Å². The Morgan fingerprint density at radius 3 is 2.08 bits per heavy atom. The molecular formula is C28H21F2N7O3. The van der Waals surface area contributed by atoms with Crippen LogP contribution < -0.4 is 10.5 Å². The fraction of sp³-hybridized carbons (Fsp3) is 0.214. The number of hydrogen-bond donors (Lipinski definition) is 0. The number of hydrogen-bond acceptors (Lipinski definition) is 7. The van der Waals surface area contributed by atoms with Gasteiger partial charge in [-0.05, 0) is 47.5 Å². The number of nitro groups is 1. The molecule has 0 radical (unpaired) electrons. The Hall–Kier alpha value is -5.20. The maximum absolute atomic E-state index is 13.7. The summed E-state index contributed by atoms with van der Waals surface area (Å²) in [6, 6.07) is 16.5. The van der Waals surface area contributed by atoms with E-state index in [1.807, 2.05) is 6.07 Å². The smallest absolute Gasteiger partial charge is 0.361 e. The van der Waals surface area contributed by atoms with Gasteiger partial charge in [-0.25, -0.2) is 8.78 Å². The van der Waals surface area contributed by atoms with Crippen molar-refractivity contribution in [3.63, 3.8) is 0 Å². The van der Waals surface area contributed by atoms with Gasteiger partial charge in [0, 0.05) is 26.2 Å². The fourth-order valence-corrected chi connectivity index (χ4v) is 5.15. The number of rotatable bonds is 6. The largest absolute Gasteiger partial charge is 0.361 e. The lowest BCUT2D eigenvalue weighted by molar-refractivity contribution is -0.385. The average molecular weight is 542 g/mol. The van der Waals surface area contributed by atoms with Crippen molar-refractivity contribution in [1.29, 1.82) is 5.26 Å². The minimum absolute atomic E-state index is 0.00322. The quantitative estimate of drug-likeness (QED) is 0.200. The SMILES string of the molecule is [C-]#[N+]c1ccc2c(n1)c(N1CCN(C(c3ccc(F)cc3)c3ccc(F)cc3)CC1)c([N+](=O)[O-])c(=O)n2CC#N. The first-order valence-electron chi connectivity index (χ1n) is 12.3. The van der Waals surface area contributed by atoms with Crippen LogP contribution in [0.15, 0.2) is 65.5 Å². The Kier molecular flexibility index (Phi) is 7.19. The Balaban J connectivity index is 1.56. The summed E-state index contributed by atoms with van der Waals surface area (Å²) in [6.07, 6.45) is 0. The molecule has 4 aromatic rings. The average Bonchev–Trinajstić information content (AvgIpc) is 2.96. The molecule has 0 N–H and O–H groups in total. The first-order valence-corrected chi connectivity index (χ1v) is 12.3. The molecule has 0 atom stereocenters. The number of anilines is 1. The molecular weight excluding hydrogens is 520 g/mol. The number of nitrogens with zero attached hydrogens (tertiary/aromatic N) is 7.